The second-order valence-electron chi connectivity index (χ2n) is 4.07. The molecule has 1 fully saturated rings. The Morgan fingerprint density at radius 2 is 2.47 bits per heavy atom. The van der Waals surface area contributed by atoms with Gasteiger partial charge in [-0.15, -0.1) is 11.3 Å². The summed E-state index contributed by atoms with van der Waals surface area (Å²) in [5, 5.41) is 2.69. The van der Waals surface area contributed by atoms with Crippen LogP contribution in [-0.4, -0.2) is 41.4 Å². The molecule has 0 spiro atoms. The summed E-state index contributed by atoms with van der Waals surface area (Å²) in [5.74, 6) is 0.116. The van der Waals surface area contributed by atoms with E-state index in [1.165, 1.54) is 0 Å². The lowest BCUT2D eigenvalue weighted by Crippen LogP contribution is -2.49. The van der Waals surface area contributed by atoms with E-state index in [1.54, 1.807) is 11.3 Å². The van der Waals surface area contributed by atoms with Crippen LogP contribution in [0.1, 0.15) is 17.3 Å². The van der Waals surface area contributed by atoms with Crippen LogP contribution in [0.15, 0.2) is 11.4 Å². The number of ether oxygens (including phenoxy) is 1. The molecule has 0 bridgehead atoms. The molecule has 1 amide bonds. The summed E-state index contributed by atoms with van der Waals surface area (Å²) < 4.78 is 6.86. The molecule has 1 aliphatic heterocycles. The zero-order valence-electron chi connectivity index (χ0n) is 9.36. The number of rotatable bonds is 2. The smallest absolute Gasteiger partial charge is 0.254 e. The van der Waals surface area contributed by atoms with Crippen molar-refractivity contribution in [3.8, 4) is 0 Å². The minimum Gasteiger partial charge on any atom is -0.371 e. The third kappa shape index (κ3) is 3.42. The Labute approximate surface area is 127 Å². The van der Waals surface area contributed by atoms with Crippen molar-refractivity contribution in [2.75, 3.05) is 18.4 Å². The van der Waals surface area contributed by atoms with Crippen molar-refractivity contribution in [2.24, 2.45) is 0 Å². The lowest BCUT2D eigenvalue weighted by atomic mass is 10.2. The van der Waals surface area contributed by atoms with Crippen molar-refractivity contribution >= 4 is 55.8 Å². The van der Waals surface area contributed by atoms with Crippen LogP contribution in [0.3, 0.4) is 0 Å². The number of morpholine rings is 1. The van der Waals surface area contributed by atoms with Gasteiger partial charge in [0, 0.05) is 23.8 Å². The monoisotopic (exact) mass is 429 g/mol. The van der Waals surface area contributed by atoms with E-state index in [1.807, 2.05) is 23.3 Å². The lowest BCUT2D eigenvalue weighted by molar-refractivity contribution is -0.0559. The number of amides is 1. The molecule has 0 aliphatic carbocycles. The van der Waals surface area contributed by atoms with Gasteiger partial charge in [0.2, 0.25) is 0 Å². The molecular weight excluding hydrogens is 417 g/mol. The first-order valence-corrected chi connectivity index (χ1v) is 8.43. The average molecular weight is 430 g/mol. The molecule has 0 radical (unpaired) electrons. The highest BCUT2D eigenvalue weighted by Gasteiger charge is 2.28. The predicted molar refractivity (Wildman–Crippen MR) is 81.1 cm³/mol. The van der Waals surface area contributed by atoms with E-state index >= 15 is 0 Å². The van der Waals surface area contributed by atoms with Crippen molar-refractivity contribution in [2.45, 2.75) is 19.1 Å². The van der Waals surface area contributed by atoms with Gasteiger partial charge in [-0.25, -0.2) is 0 Å². The number of alkyl halides is 1. The fraction of sp³-hybridized carbons (Fsp3) is 0.545. The topological polar surface area (TPSA) is 29.5 Å². The largest absolute Gasteiger partial charge is 0.371 e. The maximum atomic E-state index is 12.3. The molecule has 0 aromatic carbocycles. The molecule has 6 heteroatoms. The zero-order valence-corrected chi connectivity index (χ0v) is 13.9. The summed E-state index contributed by atoms with van der Waals surface area (Å²) in [6, 6.07) is 1.94. The molecule has 0 saturated carbocycles. The molecule has 1 saturated heterocycles. The number of nitrogens with zero attached hydrogens (tertiary/aromatic N) is 1. The SMILES string of the molecule is CC1CN(C(=O)c2csc(I)c2)CC(CBr)O1. The van der Waals surface area contributed by atoms with Crippen LogP contribution in [-0.2, 0) is 4.74 Å². The number of thiophene rings is 1. The quantitative estimate of drug-likeness (QED) is 0.534. The van der Waals surface area contributed by atoms with Gasteiger partial charge >= 0.3 is 0 Å². The zero-order chi connectivity index (χ0) is 12.4. The van der Waals surface area contributed by atoms with Crippen molar-refractivity contribution in [1.29, 1.82) is 0 Å². The summed E-state index contributed by atoms with van der Waals surface area (Å²) in [7, 11) is 0. The highest BCUT2D eigenvalue weighted by Crippen LogP contribution is 2.20. The Morgan fingerprint density at radius 1 is 1.71 bits per heavy atom. The standard InChI is InChI=1S/C11H13BrINO2S/c1-7-4-14(5-9(3-12)16-7)11(15)8-2-10(13)17-6-8/h2,6-7,9H,3-5H2,1H3. The van der Waals surface area contributed by atoms with Gasteiger partial charge in [0.25, 0.3) is 5.91 Å². The van der Waals surface area contributed by atoms with Gasteiger partial charge in [0.05, 0.1) is 20.7 Å². The van der Waals surface area contributed by atoms with Crippen LogP contribution < -0.4 is 0 Å². The van der Waals surface area contributed by atoms with Gasteiger partial charge in [-0.3, -0.25) is 4.79 Å². The highest BCUT2D eigenvalue weighted by atomic mass is 127. The molecule has 94 valence electrons. The van der Waals surface area contributed by atoms with Crippen LogP contribution in [0.4, 0.5) is 0 Å². The first kappa shape index (κ1) is 13.8. The number of carbonyl (C=O) groups is 1. The molecular formula is C11H13BrINO2S. The summed E-state index contributed by atoms with van der Waals surface area (Å²) in [5.41, 5.74) is 0.793. The van der Waals surface area contributed by atoms with Crippen LogP contribution in [0.25, 0.3) is 0 Å². The molecule has 17 heavy (non-hydrogen) atoms. The third-order valence-corrected chi connectivity index (χ3v) is 5.11. The number of hydrogen-bond acceptors (Lipinski definition) is 3. The highest BCUT2D eigenvalue weighted by molar-refractivity contribution is 14.1. The van der Waals surface area contributed by atoms with E-state index in [2.05, 4.69) is 38.5 Å². The van der Waals surface area contributed by atoms with Crippen LogP contribution >= 0.6 is 49.9 Å². The third-order valence-electron chi connectivity index (χ3n) is 2.60. The number of halogens is 2. The first-order chi connectivity index (χ1) is 8.10. The number of hydrogen-bond donors (Lipinski definition) is 0. The minimum atomic E-state index is 0.0976. The summed E-state index contributed by atoms with van der Waals surface area (Å²) in [4.78, 5) is 14.2. The van der Waals surface area contributed by atoms with Crippen LogP contribution in [0.2, 0.25) is 0 Å². The predicted octanol–water partition coefficient (Wildman–Crippen LogP) is 2.98. The Morgan fingerprint density at radius 3 is 3.06 bits per heavy atom. The Hall–Kier alpha value is 0.340. The fourth-order valence-electron chi connectivity index (χ4n) is 1.90. The summed E-state index contributed by atoms with van der Waals surface area (Å²) >= 11 is 7.25. The Balaban J connectivity index is 2.08. The molecule has 1 aromatic rings. The van der Waals surface area contributed by atoms with Crippen molar-refractivity contribution in [1.82, 2.24) is 4.90 Å². The van der Waals surface area contributed by atoms with Gasteiger partial charge in [-0.05, 0) is 35.6 Å². The number of carbonyl (C=O) groups excluding carboxylic acids is 1. The molecule has 2 unspecified atom stereocenters. The second kappa shape index (κ2) is 5.99. The molecule has 0 N–H and O–H groups in total. The maximum Gasteiger partial charge on any atom is 0.254 e. The van der Waals surface area contributed by atoms with Crippen molar-refractivity contribution in [3.63, 3.8) is 0 Å². The lowest BCUT2D eigenvalue weighted by Gasteiger charge is -2.36. The van der Waals surface area contributed by atoms with Gasteiger partial charge in [-0.1, -0.05) is 15.9 Å². The van der Waals surface area contributed by atoms with E-state index in [9.17, 15) is 4.79 Å². The van der Waals surface area contributed by atoms with E-state index in [0.717, 1.165) is 13.8 Å². The molecule has 3 nitrogen and oxygen atoms in total. The Bertz CT molecular complexity index is 412. The molecule has 2 heterocycles. The minimum absolute atomic E-state index is 0.0976. The fourth-order valence-corrected chi connectivity index (χ4v) is 3.58. The van der Waals surface area contributed by atoms with Gasteiger partial charge in [0.15, 0.2) is 0 Å². The van der Waals surface area contributed by atoms with Gasteiger partial charge in [0.1, 0.15) is 0 Å². The van der Waals surface area contributed by atoms with Gasteiger partial charge < -0.3 is 9.64 Å². The van der Waals surface area contributed by atoms with Crippen molar-refractivity contribution in [3.05, 3.63) is 19.9 Å². The van der Waals surface area contributed by atoms with E-state index in [-0.39, 0.29) is 18.1 Å². The maximum absolute atomic E-state index is 12.3. The first-order valence-electron chi connectivity index (χ1n) is 5.35. The molecule has 1 aliphatic rings. The van der Waals surface area contributed by atoms with Crippen LogP contribution in [0, 0.1) is 2.88 Å². The molecule has 2 atom stereocenters. The van der Waals surface area contributed by atoms with Gasteiger partial charge in [-0.2, -0.15) is 0 Å². The second-order valence-corrected chi connectivity index (χ2v) is 7.53. The van der Waals surface area contributed by atoms with E-state index in [0.29, 0.717) is 13.1 Å². The normalized spacial score (nSPS) is 25.0. The summed E-state index contributed by atoms with van der Waals surface area (Å²) in [6.45, 7) is 3.35. The average Bonchev–Trinajstić information content (AvgIpc) is 2.74. The van der Waals surface area contributed by atoms with Crippen molar-refractivity contribution < 1.29 is 9.53 Å². The molecule has 2 rings (SSSR count). The Kier molecular flexibility index (Phi) is 4.85. The van der Waals surface area contributed by atoms with E-state index < -0.39 is 0 Å². The van der Waals surface area contributed by atoms with E-state index in [4.69, 9.17) is 4.74 Å². The van der Waals surface area contributed by atoms with Crippen LogP contribution in [0.5, 0.6) is 0 Å². The summed E-state index contributed by atoms with van der Waals surface area (Å²) in [6.07, 6.45) is 0.202. The molecule has 1 aromatic heterocycles.